The van der Waals surface area contributed by atoms with Crippen molar-refractivity contribution in [3.63, 3.8) is 0 Å². The van der Waals surface area contributed by atoms with E-state index in [1.807, 2.05) is 0 Å². The number of carboxylic acid groups (broad SMARTS) is 1. The summed E-state index contributed by atoms with van der Waals surface area (Å²) in [7, 11) is 0. The predicted molar refractivity (Wildman–Crippen MR) is 66.0 cm³/mol. The number of halogens is 1. The molecule has 0 atom stereocenters. The lowest BCUT2D eigenvalue weighted by Gasteiger charge is -2.08. The van der Waals surface area contributed by atoms with Gasteiger partial charge in [0, 0.05) is 0 Å². The number of carbonyl (C=O) groups is 1. The van der Waals surface area contributed by atoms with Gasteiger partial charge >= 0.3 is 5.97 Å². The van der Waals surface area contributed by atoms with Crippen LogP contribution in [0, 0.1) is 0 Å². The topological polar surface area (TPSA) is 72.2 Å². The first-order valence-corrected chi connectivity index (χ1v) is 5.76. The first kappa shape index (κ1) is 11.8. The fraction of sp³-hybridized carbons (Fsp3) is 0.182. The Bertz CT molecular complexity index is 636. The van der Waals surface area contributed by atoms with Crippen molar-refractivity contribution in [3.8, 4) is 0 Å². The van der Waals surface area contributed by atoms with Crippen molar-refractivity contribution >= 4 is 32.8 Å². The Kier molecular flexibility index (Phi) is 3.23. The number of aromatic nitrogens is 2. The van der Waals surface area contributed by atoms with Crippen LogP contribution in [0.5, 0.6) is 0 Å². The van der Waals surface area contributed by atoms with Gasteiger partial charge in [0.15, 0.2) is 4.60 Å². The molecule has 0 aliphatic carbocycles. The van der Waals surface area contributed by atoms with E-state index in [0.29, 0.717) is 10.9 Å². The minimum atomic E-state index is -0.897. The summed E-state index contributed by atoms with van der Waals surface area (Å²) in [6.07, 6.45) is -0.0354. The van der Waals surface area contributed by atoms with Gasteiger partial charge in [-0.15, -0.1) is 0 Å². The van der Waals surface area contributed by atoms with Crippen LogP contribution in [0.4, 0.5) is 0 Å². The van der Waals surface area contributed by atoms with Crippen molar-refractivity contribution < 1.29 is 9.90 Å². The van der Waals surface area contributed by atoms with E-state index in [0.717, 1.165) is 0 Å². The van der Waals surface area contributed by atoms with Crippen LogP contribution in [0.15, 0.2) is 33.7 Å². The van der Waals surface area contributed by atoms with Gasteiger partial charge in [0.1, 0.15) is 0 Å². The van der Waals surface area contributed by atoms with Crippen LogP contribution in [0.2, 0.25) is 0 Å². The Morgan fingerprint density at radius 1 is 1.41 bits per heavy atom. The zero-order valence-corrected chi connectivity index (χ0v) is 10.3. The second-order valence-electron chi connectivity index (χ2n) is 3.50. The molecular formula is C11H9BrN2O3. The summed E-state index contributed by atoms with van der Waals surface area (Å²) in [6.45, 7) is 0.231. The molecule has 0 radical (unpaired) electrons. The van der Waals surface area contributed by atoms with Crippen molar-refractivity contribution in [3.05, 3.63) is 39.1 Å². The van der Waals surface area contributed by atoms with Gasteiger partial charge in [-0.1, -0.05) is 12.1 Å². The molecule has 88 valence electrons. The molecule has 1 aromatic carbocycles. The Hall–Kier alpha value is -1.69. The van der Waals surface area contributed by atoms with Crippen LogP contribution in [0.3, 0.4) is 0 Å². The highest BCUT2D eigenvalue weighted by Crippen LogP contribution is 2.12. The van der Waals surface area contributed by atoms with Crippen LogP contribution in [-0.2, 0) is 11.3 Å². The first-order valence-electron chi connectivity index (χ1n) is 4.97. The van der Waals surface area contributed by atoms with E-state index in [1.54, 1.807) is 24.3 Å². The van der Waals surface area contributed by atoms with E-state index >= 15 is 0 Å². The van der Waals surface area contributed by atoms with E-state index in [1.165, 1.54) is 4.68 Å². The molecule has 0 bridgehead atoms. The Labute approximate surface area is 105 Å². The molecule has 1 aromatic heterocycles. The standard InChI is InChI=1S/C11H9BrN2O3/c12-11-10(17)7-3-1-2-4-8(7)14(13-11)6-5-9(15)16/h1-4H,5-6H2,(H,15,16). The number of hydrogen-bond acceptors (Lipinski definition) is 3. The molecule has 17 heavy (non-hydrogen) atoms. The Morgan fingerprint density at radius 3 is 2.82 bits per heavy atom. The highest BCUT2D eigenvalue weighted by Gasteiger charge is 2.08. The fourth-order valence-electron chi connectivity index (χ4n) is 1.58. The van der Waals surface area contributed by atoms with Gasteiger partial charge in [0.2, 0.25) is 5.43 Å². The molecule has 1 heterocycles. The number of hydrogen-bond donors (Lipinski definition) is 1. The summed E-state index contributed by atoms with van der Waals surface area (Å²) in [5.74, 6) is -0.897. The minimum absolute atomic E-state index is 0.0354. The number of rotatable bonds is 3. The van der Waals surface area contributed by atoms with Crippen LogP contribution in [-0.4, -0.2) is 20.9 Å². The summed E-state index contributed by atoms with van der Waals surface area (Å²) < 4.78 is 1.72. The molecule has 0 aliphatic heterocycles. The van der Waals surface area contributed by atoms with Gasteiger partial charge in [-0.05, 0) is 28.1 Å². The summed E-state index contributed by atoms with van der Waals surface area (Å²) in [5, 5.41) is 13.2. The molecule has 0 saturated carbocycles. The van der Waals surface area contributed by atoms with Gasteiger partial charge < -0.3 is 5.11 Å². The van der Waals surface area contributed by atoms with E-state index < -0.39 is 5.97 Å². The second kappa shape index (κ2) is 4.67. The third-order valence-electron chi connectivity index (χ3n) is 2.36. The largest absolute Gasteiger partial charge is 0.481 e. The molecule has 2 aromatic rings. The Balaban J connectivity index is 2.59. The molecule has 0 fully saturated rings. The number of fused-ring (bicyclic) bond motifs is 1. The molecule has 2 rings (SSSR count). The normalized spacial score (nSPS) is 10.6. The number of para-hydroxylation sites is 1. The van der Waals surface area contributed by atoms with Crippen LogP contribution < -0.4 is 5.43 Å². The summed E-state index contributed by atoms with van der Waals surface area (Å²) in [6, 6.07) is 6.99. The minimum Gasteiger partial charge on any atom is -0.481 e. The van der Waals surface area contributed by atoms with Crippen molar-refractivity contribution in [2.75, 3.05) is 0 Å². The predicted octanol–water partition coefficient (Wildman–Crippen LogP) is 1.63. The van der Waals surface area contributed by atoms with Crippen LogP contribution >= 0.6 is 15.9 Å². The fourth-order valence-corrected chi connectivity index (χ4v) is 1.98. The van der Waals surface area contributed by atoms with Gasteiger partial charge in [0.25, 0.3) is 0 Å². The molecule has 0 unspecified atom stereocenters. The molecule has 0 spiro atoms. The van der Waals surface area contributed by atoms with Crippen LogP contribution in [0.1, 0.15) is 6.42 Å². The highest BCUT2D eigenvalue weighted by molar-refractivity contribution is 9.10. The quantitative estimate of drug-likeness (QED) is 0.934. The summed E-state index contributed by atoms with van der Waals surface area (Å²) in [4.78, 5) is 22.3. The maximum atomic E-state index is 11.8. The average Bonchev–Trinajstić information content (AvgIpc) is 2.32. The van der Waals surface area contributed by atoms with Crippen molar-refractivity contribution in [2.24, 2.45) is 0 Å². The van der Waals surface area contributed by atoms with Crippen molar-refractivity contribution in [2.45, 2.75) is 13.0 Å². The Morgan fingerprint density at radius 2 is 2.12 bits per heavy atom. The van der Waals surface area contributed by atoms with Gasteiger partial charge in [0.05, 0.1) is 23.9 Å². The molecule has 1 N–H and O–H groups in total. The highest BCUT2D eigenvalue weighted by atomic mass is 79.9. The number of benzene rings is 1. The molecular weight excluding hydrogens is 288 g/mol. The summed E-state index contributed by atoms with van der Waals surface area (Å²) in [5.41, 5.74) is 0.453. The maximum absolute atomic E-state index is 11.8. The van der Waals surface area contributed by atoms with Gasteiger partial charge in [-0.3, -0.25) is 14.3 Å². The lowest BCUT2D eigenvalue weighted by Crippen LogP contribution is -2.16. The SMILES string of the molecule is O=C(O)CCn1nc(Br)c(=O)c2ccccc21. The van der Waals surface area contributed by atoms with E-state index in [2.05, 4.69) is 21.0 Å². The summed E-state index contributed by atoms with van der Waals surface area (Å²) >= 11 is 3.08. The third-order valence-corrected chi connectivity index (χ3v) is 2.88. The number of nitrogens with zero attached hydrogens (tertiary/aromatic N) is 2. The third kappa shape index (κ3) is 2.36. The number of aryl methyl sites for hydroxylation is 1. The first-order chi connectivity index (χ1) is 8.09. The molecule has 6 heteroatoms. The van der Waals surface area contributed by atoms with E-state index in [-0.39, 0.29) is 23.0 Å². The zero-order valence-electron chi connectivity index (χ0n) is 8.76. The van der Waals surface area contributed by atoms with Crippen molar-refractivity contribution in [1.82, 2.24) is 9.78 Å². The van der Waals surface area contributed by atoms with Gasteiger partial charge in [-0.2, -0.15) is 5.10 Å². The van der Waals surface area contributed by atoms with Crippen molar-refractivity contribution in [1.29, 1.82) is 0 Å². The lowest BCUT2D eigenvalue weighted by molar-refractivity contribution is -0.137. The smallest absolute Gasteiger partial charge is 0.305 e. The number of aliphatic carboxylic acids is 1. The van der Waals surface area contributed by atoms with E-state index in [9.17, 15) is 9.59 Å². The monoisotopic (exact) mass is 296 g/mol. The van der Waals surface area contributed by atoms with Crippen LogP contribution in [0.25, 0.3) is 10.9 Å². The zero-order chi connectivity index (χ0) is 12.4. The lowest BCUT2D eigenvalue weighted by atomic mass is 10.2. The maximum Gasteiger partial charge on any atom is 0.305 e. The second-order valence-corrected chi connectivity index (χ2v) is 4.26. The van der Waals surface area contributed by atoms with E-state index in [4.69, 9.17) is 5.11 Å². The molecule has 0 saturated heterocycles. The molecule has 5 nitrogen and oxygen atoms in total. The average molecular weight is 297 g/mol. The molecule has 0 amide bonds. The number of carboxylic acids is 1. The van der Waals surface area contributed by atoms with Gasteiger partial charge in [-0.25, -0.2) is 0 Å². The molecule has 0 aliphatic rings.